The second-order valence-electron chi connectivity index (χ2n) is 14.9. The number of pyridine rings is 1. The normalized spacial score (nSPS) is 18.3. The molecule has 2 aromatic carbocycles. The lowest BCUT2D eigenvalue weighted by molar-refractivity contribution is -0.132. The first-order valence-electron chi connectivity index (χ1n) is 19.4. The van der Waals surface area contributed by atoms with Gasteiger partial charge in [-0.15, -0.1) is 0 Å². The van der Waals surface area contributed by atoms with E-state index < -0.39 is 29.9 Å². The molecule has 2 heterocycles. The fourth-order valence-electron chi connectivity index (χ4n) is 7.04. The molecule has 2 saturated carbocycles. The summed E-state index contributed by atoms with van der Waals surface area (Å²) in [5.41, 5.74) is 4.44. The molecule has 14 heteroatoms. The fourth-order valence-corrected chi connectivity index (χ4v) is 7.56. The molecule has 2 aliphatic carbocycles. The van der Waals surface area contributed by atoms with Crippen LogP contribution in [0.25, 0.3) is 11.1 Å². The van der Waals surface area contributed by atoms with Gasteiger partial charge < -0.3 is 45.4 Å². The summed E-state index contributed by atoms with van der Waals surface area (Å²) in [5.74, 6) is 0.955. The number of likely N-dealkylation sites (tertiary alicyclic amines) is 1. The first-order valence-corrected chi connectivity index (χ1v) is 20.1. The van der Waals surface area contributed by atoms with Gasteiger partial charge in [0, 0.05) is 72.3 Å². The van der Waals surface area contributed by atoms with Crippen LogP contribution in [0.4, 0.5) is 4.79 Å². The number of piperidine rings is 1. The quantitative estimate of drug-likeness (QED) is 0.0884. The van der Waals surface area contributed by atoms with Crippen molar-refractivity contribution in [2.24, 2.45) is 0 Å². The van der Waals surface area contributed by atoms with Crippen molar-refractivity contribution in [3.63, 3.8) is 0 Å². The van der Waals surface area contributed by atoms with E-state index in [0.29, 0.717) is 61.8 Å². The molecule has 3 atom stereocenters. The Kier molecular flexibility index (Phi) is 14.3. The average Bonchev–Trinajstić information content (AvgIpc) is 4.14. The third-order valence-corrected chi connectivity index (χ3v) is 11.4. The van der Waals surface area contributed by atoms with Crippen molar-refractivity contribution in [1.82, 2.24) is 20.5 Å². The topological polar surface area (TPSA) is 174 Å². The van der Waals surface area contributed by atoms with Crippen molar-refractivity contribution in [2.75, 3.05) is 26.2 Å². The number of nitrogens with zero attached hydrogens (tertiary/aromatic N) is 2. The van der Waals surface area contributed by atoms with E-state index in [4.69, 9.17) is 37.8 Å². The van der Waals surface area contributed by atoms with Gasteiger partial charge in [0.1, 0.15) is 11.9 Å². The van der Waals surface area contributed by atoms with Gasteiger partial charge in [0.25, 0.3) is 0 Å². The van der Waals surface area contributed by atoms with Gasteiger partial charge in [-0.1, -0.05) is 41.4 Å². The summed E-state index contributed by atoms with van der Waals surface area (Å²) in [6.45, 7) is 0.762. The van der Waals surface area contributed by atoms with Crippen LogP contribution in [0.15, 0.2) is 54.9 Å². The van der Waals surface area contributed by atoms with Crippen molar-refractivity contribution in [3.05, 3.63) is 81.6 Å². The summed E-state index contributed by atoms with van der Waals surface area (Å²) in [6.07, 6.45) is 7.44. The first kappa shape index (κ1) is 41.2. The van der Waals surface area contributed by atoms with E-state index in [1.807, 2.05) is 53.7 Å². The Balaban J connectivity index is 0.920. The number of benzene rings is 2. The van der Waals surface area contributed by atoms with E-state index in [-0.39, 0.29) is 37.6 Å². The number of aryl methyl sites for hydroxylation is 1. The maximum absolute atomic E-state index is 12.9. The molecule has 6 rings (SSSR count). The molecule has 12 nitrogen and oxygen atoms in total. The number of amides is 3. The third-order valence-electron chi connectivity index (χ3n) is 10.7. The number of hydrogen-bond acceptors (Lipinski definition) is 9. The number of aliphatic hydroxyl groups is 4. The van der Waals surface area contributed by atoms with Crippen LogP contribution in [0.5, 0.6) is 5.75 Å². The number of urea groups is 1. The number of unbranched alkanes of at least 4 members (excludes halogenated alkanes) is 1. The zero-order valence-electron chi connectivity index (χ0n) is 31.0. The maximum Gasteiger partial charge on any atom is 0.315 e. The maximum atomic E-state index is 12.9. The lowest BCUT2D eigenvalue weighted by atomic mass is 9.96. The number of hydrogen-bond donors (Lipinski definition) is 6. The summed E-state index contributed by atoms with van der Waals surface area (Å²) in [7, 11) is 0. The van der Waals surface area contributed by atoms with Gasteiger partial charge in [0.15, 0.2) is 0 Å². The van der Waals surface area contributed by atoms with Crippen LogP contribution in [0.1, 0.15) is 80.9 Å². The molecule has 0 unspecified atom stereocenters. The van der Waals surface area contributed by atoms with Gasteiger partial charge in [-0.25, -0.2) is 4.79 Å². The summed E-state index contributed by atoms with van der Waals surface area (Å²) in [6, 6.07) is 13.3. The number of aliphatic hydroxyl groups excluding tert-OH is 4. The van der Waals surface area contributed by atoms with Gasteiger partial charge in [0.2, 0.25) is 5.91 Å². The van der Waals surface area contributed by atoms with Crippen molar-refractivity contribution in [1.29, 1.82) is 0 Å². The highest BCUT2D eigenvalue weighted by Gasteiger charge is 2.48. The van der Waals surface area contributed by atoms with E-state index in [0.717, 1.165) is 65.7 Å². The zero-order chi connectivity index (χ0) is 39.0. The number of ether oxygens (including phenoxy) is 2. The minimum absolute atomic E-state index is 0.0720. The molecule has 3 fully saturated rings. The number of carbonyl (C=O) groups is 2. The van der Waals surface area contributed by atoms with Gasteiger partial charge in [-0.3, -0.25) is 9.78 Å². The predicted octanol–water partition coefficient (Wildman–Crippen LogP) is 5.27. The zero-order valence-corrected chi connectivity index (χ0v) is 32.5. The molecule has 0 bridgehead atoms. The second-order valence-corrected chi connectivity index (χ2v) is 15.7. The highest BCUT2D eigenvalue weighted by molar-refractivity contribution is 6.34. The number of para-hydroxylation sites is 1. The number of rotatable bonds is 19. The molecule has 1 aliphatic heterocycles. The molecular formula is C41H52Cl2N4O8. The van der Waals surface area contributed by atoms with Crippen molar-refractivity contribution >= 4 is 35.1 Å². The number of aromatic nitrogens is 1. The Morgan fingerprint density at radius 1 is 0.945 bits per heavy atom. The van der Waals surface area contributed by atoms with Crippen molar-refractivity contribution in [3.8, 4) is 16.9 Å². The summed E-state index contributed by atoms with van der Waals surface area (Å²) in [5, 5.41) is 45.0. The monoisotopic (exact) mass is 798 g/mol. The van der Waals surface area contributed by atoms with Crippen molar-refractivity contribution < 1.29 is 39.5 Å². The predicted molar refractivity (Wildman–Crippen MR) is 209 cm³/mol. The van der Waals surface area contributed by atoms with Crippen LogP contribution in [-0.4, -0.2) is 98.9 Å². The minimum Gasteiger partial charge on any atom is -0.490 e. The Labute approximate surface area is 332 Å². The van der Waals surface area contributed by atoms with Gasteiger partial charge >= 0.3 is 6.03 Å². The number of halogens is 2. The van der Waals surface area contributed by atoms with E-state index in [2.05, 4.69) is 21.7 Å². The molecule has 0 radical (unpaired) electrons. The van der Waals surface area contributed by atoms with Gasteiger partial charge in [0.05, 0.1) is 30.5 Å². The smallest absolute Gasteiger partial charge is 0.315 e. The van der Waals surface area contributed by atoms with E-state index in [1.54, 1.807) is 0 Å². The largest absolute Gasteiger partial charge is 0.490 e. The molecular weight excluding hydrogens is 747 g/mol. The Morgan fingerprint density at radius 2 is 1.67 bits per heavy atom. The molecule has 55 heavy (non-hydrogen) atoms. The lowest BCUT2D eigenvalue weighted by Crippen LogP contribution is -2.51. The Morgan fingerprint density at radius 3 is 2.40 bits per heavy atom. The second kappa shape index (κ2) is 19.1. The number of carbonyl (C=O) groups excluding carboxylic acids is 2. The van der Waals surface area contributed by atoms with E-state index in [1.165, 1.54) is 0 Å². The van der Waals surface area contributed by atoms with Crippen LogP contribution >= 0.6 is 23.2 Å². The molecule has 3 aliphatic rings. The van der Waals surface area contributed by atoms with Gasteiger partial charge in [-0.2, -0.15) is 0 Å². The minimum atomic E-state index is -1.49. The molecule has 3 aromatic rings. The Hall–Kier alpha value is -3.49. The molecule has 0 spiro atoms. The van der Waals surface area contributed by atoms with Crippen LogP contribution in [0.3, 0.4) is 0 Å². The summed E-state index contributed by atoms with van der Waals surface area (Å²) in [4.78, 5) is 31.5. The summed E-state index contributed by atoms with van der Waals surface area (Å²) >= 11 is 13.5. The molecule has 3 amide bonds. The summed E-state index contributed by atoms with van der Waals surface area (Å²) < 4.78 is 12.8. The SMILES string of the molecule is O=C(NC[C@@H](O)[C@H](O)[C@@H](O)CCO)NC1CCN(C(=O)CCCCc2cc(Cl)c(COC3(c4cnccc4-c4ccccc4OC4CC4)CC3)cc2Cl)CC1. The average molecular weight is 800 g/mol. The third kappa shape index (κ3) is 11.1. The van der Waals surface area contributed by atoms with Crippen LogP contribution in [-0.2, 0) is 28.2 Å². The lowest BCUT2D eigenvalue weighted by Gasteiger charge is -2.32. The molecule has 1 saturated heterocycles. The van der Waals surface area contributed by atoms with E-state index in [9.17, 15) is 24.9 Å². The van der Waals surface area contributed by atoms with Crippen LogP contribution in [0.2, 0.25) is 10.0 Å². The van der Waals surface area contributed by atoms with Crippen LogP contribution < -0.4 is 15.4 Å². The first-order chi connectivity index (χ1) is 26.6. The van der Waals surface area contributed by atoms with Crippen molar-refractivity contribution in [2.45, 2.75) is 113 Å². The standard InChI is InChI=1S/C41H52Cl2N4O8/c42-33-22-27(25-54-41(15-16-41)32-23-44-17-11-30(32)31-6-2-3-7-37(31)55-29-9-10-29)34(43)21-26(33)5-1-4-8-38(51)47-18-12-28(13-19-47)46-40(53)45-24-36(50)39(52)35(49)14-20-48/h2-3,6-7,11,17,21-23,28-29,35-36,39,48-50,52H,1,4-5,8-10,12-16,18-20,24-25H2,(H2,45,46,53)/t35-,36+,39+/m0/s1. The molecule has 6 N–H and O–H groups in total. The van der Waals surface area contributed by atoms with Crippen LogP contribution in [0, 0.1) is 0 Å². The van der Waals surface area contributed by atoms with Gasteiger partial charge in [-0.05, 0) is 105 Å². The fraction of sp³-hybridized carbons (Fsp3) is 0.537. The number of nitrogens with one attached hydrogen (secondary N) is 2. The molecule has 298 valence electrons. The molecule has 1 aromatic heterocycles. The highest BCUT2D eigenvalue weighted by atomic mass is 35.5. The van der Waals surface area contributed by atoms with E-state index >= 15 is 0 Å². The Bertz CT molecular complexity index is 1770. The highest BCUT2D eigenvalue weighted by Crippen LogP contribution is 2.53.